The minimum absolute atomic E-state index is 0.174. The smallest absolute Gasteiger partial charge is 0.220 e. The maximum atomic E-state index is 12.9. The highest BCUT2D eigenvalue weighted by Gasteiger charge is 2.44. The van der Waals surface area contributed by atoms with Gasteiger partial charge < -0.3 is 40.3 Å². The van der Waals surface area contributed by atoms with E-state index in [1.54, 1.807) is 6.08 Å². The van der Waals surface area contributed by atoms with E-state index in [-0.39, 0.29) is 12.5 Å². The maximum Gasteiger partial charge on any atom is 0.220 e. The second-order valence-corrected chi connectivity index (χ2v) is 16.6. The third-order valence-corrected chi connectivity index (χ3v) is 11.4. The SMILES string of the molecule is CCCCCCCCCCCCCCCCC/C=C/C(O)C(COC1OC(CO)C(O)C(O)C1O)NC(=O)CCCCCCCCCCCCCCCCC. The molecule has 1 aliphatic rings. The predicted octanol–water partition coefficient (Wildman–Crippen LogP) is 9.73. The van der Waals surface area contributed by atoms with Crippen LogP contribution < -0.4 is 5.32 Å². The summed E-state index contributed by atoms with van der Waals surface area (Å²) in [5.74, 6) is -0.174. The Bertz CT molecular complexity index is 873. The van der Waals surface area contributed by atoms with E-state index in [1.807, 2.05) is 6.08 Å². The first-order valence-electron chi connectivity index (χ1n) is 23.4. The predicted molar refractivity (Wildman–Crippen MR) is 226 cm³/mol. The zero-order valence-electron chi connectivity index (χ0n) is 35.7. The van der Waals surface area contributed by atoms with Crippen LogP contribution in [0.3, 0.4) is 0 Å². The van der Waals surface area contributed by atoms with Gasteiger partial charge in [-0.3, -0.25) is 4.79 Å². The van der Waals surface area contributed by atoms with Crippen LogP contribution in [-0.2, 0) is 14.3 Å². The molecule has 7 atom stereocenters. The van der Waals surface area contributed by atoms with Crippen molar-refractivity contribution in [2.24, 2.45) is 0 Å². The first-order valence-corrected chi connectivity index (χ1v) is 23.4. The van der Waals surface area contributed by atoms with E-state index in [0.717, 1.165) is 38.5 Å². The summed E-state index contributed by atoms with van der Waals surface area (Å²) in [6.45, 7) is 3.79. The number of ether oxygens (including phenoxy) is 2. The molecule has 1 rings (SSSR count). The van der Waals surface area contributed by atoms with Crippen LogP contribution in [0.25, 0.3) is 0 Å². The molecule has 1 amide bonds. The summed E-state index contributed by atoms with van der Waals surface area (Å²) in [4.78, 5) is 12.9. The topological polar surface area (TPSA) is 149 Å². The van der Waals surface area contributed by atoms with E-state index in [2.05, 4.69) is 19.2 Å². The largest absolute Gasteiger partial charge is 0.394 e. The monoisotopic (exact) mass is 784 g/mol. The first-order chi connectivity index (χ1) is 26.8. The van der Waals surface area contributed by atoms with Crippen LogP contribution in [0.2, 0.25) is 0 Å². The second-order valence-electron chi connectivity index (χ2n) is 16.6. The fraction of sp³-hybridized carbons (Fsp3) is 0.935. The summed E-state index contributed by atoms with van der Waals surface area (Å²) in [5.41, 5.74) is 0. The number of aliphatic hydroxyl groups is 5. The van der Waals surface area contributed by atoms with Gasteiger partial charge >= 0.3 is 0 Å². The molecule has 0 saturated carbocycles. The van der Waals surface area contributed by atoms with Crippen molar-refractivity contribution in [2.45, 2.75) is 262 Å². The molecule has 0 aromatic carbocycles. The van der Waals surface area contributed by atoms with Crippen molar-refractivity contribution in [3.63, 3.8) is 0 Å². The molecule has 7 unspecified atom stereocenters. The number of carbonyl (C=O) groups excluding carboxylic acids is 1. The fourth-order valence-electron chi connectivity index (χ4n) is 7.57. The van der Waals surface area contributed by atoms with Gasteiger partial charge in [-0.05, 0) is 19.3 Å². The molecule has 0 aliphatic carbocycles. The average molecular weight is 784 g/mol. The van der Waals surface area contributed by atoms with Crippen molar-refractivity contribution >= 4 is 5.91 Å². The zero-order chi connectivity index (χ0) is 40.2. The highest BCUT2D eigenvalue weighted by molar-refractivity contribution is 5.76. The lowest BCUT2D eigenvalue weighted by atomic mass is 9.99. The quantitative estimate of drug-likeness (QED) is 0.0267. The van der Waals surface area contributed by atoms with Crippen molar-refractivity contribution in [2.75, 3.05) is 13.2 Å². The van der Waals surface area contributed by atoms with Crippen LogP contribution >= 0.6 is 0 Å². The van der Waals surface area contributed by atoms with Crippen molar-refractivity contribution < 1.29 is 39.8 Å². The number of amides is 1. The molecule has 1 saturated heterocycles. The average Bonchev–Trinajstić information content (AvgIpc) is 3.18. The van der Waals surface area contributed by atoms with Crippen molar-refractivity contribution in [1.82, 2.24) is 5.32 Å². The molecule has 326 valence electrons. The summed E-state index contributed by atoms with van der Waals surface area (Å²) in [5, 5.41) is 54.2. The van der Waals surface area contributed by atoms with Gasteiger partial charge in [0.2, 0.25) is 5.91 Å². The lowest BCUT2D eigenvalue weighted by Crippen LogP contribution is -2.60. The minimum atomic E-state index is -1.56. The van der Waals surface area contributed by atoms with Gasteiger partial charge in [-0.15, -0.1) is 0 Å². The minimum Gasteiger partial charge on any atom is -0.394 e. The summed E-state index contributed by atoms with van der Waals surface area (Å²) in [6.07, 6.45) is 35.3. The molecule has 0 aromatic rings. The molecule has 9 nitrogen and oxygen atoms in total. The van der Waals surface area contributed by atoms with E-state index < -0.39 is 49.5 Å². The van der Waals surface area contributed by atoms with Crippen LogP contribution in [0.5, 0.6) is 0 Å². The van der Waals surface area contributed by atoms with Crippen LogP contribution in [-0.4, -0.2) is 87.5 Å². The lowest BCUT2D eigenvalue weighted by molar-refractivity contribution is -0.302. The summed E-state index contributed by atoms with van der Waals surface area (Å²) < 4.78 is 11.2. The van der Waals surface area contributed by atoms with Crippen molar-refractivity contribution in [1.29, 1.82) is 0 Å². The van der Waals surface area contributed by atoms with Gasteiger partial charge in [0, 0.05) is 6.42 Å². The highest BCUT2D eigenvalue weighted by atomic mass is 16.7. The van der Waals surface area contributed by atoms with E-state index in [1.165, 1.54) is 161 Å². The van der Waals surface area contributed by atoms with Gasteiger partial charge in [0.15, 0.2) is 6.29 Å². The Morgan fingerprint density at radius 3 is 1.42 bits per heavy atom. The standard InChI is InChI=1S/C46H89NO8/c1-3-5-7-9-11-13-15-17-19-20-22-23-25-27-29-31-33-35-40(49)39(38-54-46-45(53)44(52)43(51)41(37-48)55-46)47-42(50)36-34-32-30-28-26-24-21-18-16-14-12-10-8-6-4-2/h33,35,39-41,43-46,48-49,51-53H,3-32,34,36-38H2,1-2H3,(H,47,50)/b35-33+. The van der Waals surface area contributed by atoms with Crippen LogP contribution in [0, 0.1) is 0 Å². The molecule has 0 spiro atoms. The van der Waals surface area contributed by atoms with E-state index >= 15 is 0 Å². The number of hydrogen-bond acceptors (Lipinski definition) is 8. The number of rotatable bonds is 39. The van der Waals surface area contributed by atoms with Gasteiger partial charge in [0.05, 0.1) is 25.4 Å². The molecule has 0 radical (unpaired) electrons. The molecule has 6 N–H and O–H groups in total. The van der Waals surface area contributed by atoms with E-state index in [4.69, 9.17) is 9.47 Å². The van der Waals surface area contributed by atoms with Gasteiger partial charge in [-0.1, -0.05) is 206 Å². The summed E-state index contributed by atoms with van der Waals surface area (Å²) in [6, 6.07) is -0.798. The number of hydrogen-bond donors (Lipinski definition) is 6. The summed E-state index contributed by atoms with van der Waals surface area (Å²) >= 11 is 0. The molecule has 1 aliphatic heterocycles. The van der Waals surface area contributed by atoms with Crippen molar-refractivity contribution in [3.8, 4) is 0 Å². The molecule has 1 heterocycles. The Hall–Kier alpha value is -1.07. The molecule has 0 bridgehead atoms. The Kier molecular flexibility index (Phi) is 35.2. The molecular formula is C46H89NO8. The number of aliphatic hydroxyl groups excluding tert-OH is 5. The van der Waals surface area contributed by atoms with Gasteiger partial charge in [0.1, 0.15) is 24.4 Å². The Morgan fingerprint density at radius 2 is 1.00 bits per heavy atom. The van der Waals surface area contributed by atoms with Gasteiger partial charge in [-0.25, -0.2) is 0 Å². The first kappa shape index (κ1) is 51.9. The normalized spacial score (nSPS) is 21.3. The van der Waals surface area contributed by atoms with Crippen LogP contribution in [0.1, 0.15) is 219 Å². The van der Waals surface area contributed by atoms with Crippen LogP contribution in [0.15, 0.2) is 12.2 Å². The number of allylic oxidation sites excluding steroid dienone is 1. The summed E-state index contributed by atoms with van der Waals surface area (Å²) in [7, 11) is 0. The number of carbonyl (C=O) groups is 1. The Labute approximate surface area is 337 Å². The zero-order valence-corrected chi connectivity index (χ0v) is 35.7. The number of unbranched alkanes of at least 4 members (excludes halogenated alkanes) is 29. The lowest BCUT2D eigenvalue weighted by Gasteiger charge is -2.40. The molecular weight excluding hydrogens is 695 g/mol. The van der Waals surface area contributed by atoms with Crippen molar-refractivity contribution in [3.05, 3.63) is 12.2 Å². The van der Waals surface area contributed by atoms with Crippen LogP contribution in [0.4, 0.5) is 0 Å². The Morgan fingerprint density at radius 1 is 0.600 bits per heavy atom. The molecule has 9 heteroatoms. The third-order valence-electron chi connectivity index (χ3n) is 11.4. The fourth-order valence-corrected chi connectivity index (χ4v) is 7.57. The second kappa shape index (κ2) is 37.2. The highest BCUT2D eigenvalue weighted by Crippen LogP contribution is 2.23. The number of nitrogens with one attached hydrogen (secondary N) is 1. The van der Waals surface area contributed by atoms with Gasteiger partial charge in [0.25, 0.3) is 0 Å². The van der Waals surface area contributed by atoms with E-state index in [0.29, 0.717) is 6.42 Å². The van der Waals surface area contributed by atoms with Gasteiger partial charge in [-0.2, -0.15) is 0 Å². The molecule has 55 heavy (non-hydrogen) atoms. The molecule has 1 fully saturated rings. The maximum absolute atomic E-state index is 12.9. The Balaban J connectivity index is 2.35. The van der Waals surface area contributed by atoms with E-state index in [9.17, 15) is 30.3 Å². The third kappa shape index (κ3) is 28.1. The molecule has 0 aromatic heterocycles.